The van der Waals surface area contributed by atoms with Gasteiger partial charge in [0, 0.05) is 13.1 Å². The van der Waals surface area contributed by atoms with Gasteiger partial charge in [-0.05, 0) is 41.5 Å². The minimum absolute atomic E-state index is 0.150. The second-order valence-electron chi connectivity index (χ2n) is 8.03. The van der Waals surface area contributed by atoms with Crippen LogP contribution in [-0.4, -0.2) is 78.6 Å². The highest BCUT2D eigenvalue weighted by molar-refractivity contribution is 5.82. The molecule has 2 N–H and O–H groups in total. The topological polar surface area (TPSA) is 92.5 Å². The van der Waals surface area contributed by atoms with E-state index in [9.17, 15) is 4.79 Å². The summed E-state index contributed by atoms with van der Waals surface area (Å²) in [5.41, 5.74) is 6.33. The Morgan fingerprint density at radius 1 is 1.04 bits per heavy atom. The van der Waals surface area contributed by atoms with Gasteiger partial charge in [-0.2, -0.15) is 0 Å². The molecule has 3 aliphatic rings. The third-order valence-electron chi connectivity index (χ3n) is 5.24. The lowest BCUT2D eigenvalue weighted by molar-refractivity contribution is -0.348. The molecule has 150 valence electrons. The molecule has 3 fully saturated rings. The molecule has 0 radical (unpaired) electrons. The highest BCUT2D eigenvalue weighted by Gasteiger charge is 2.60. The Labute approximate surface area is 155 Å². The van der Waals surface area contributed by atoms with Crippen molar-refractivity contribution >= 4 is 5.91 Å². The lowest BCUT2D eigenvalue weighted by Gasteiger charge is -2.49. The van der Waals surface area contributed by atoms with Crippen LogP contribution in [0.3, 0.4) is 0 Å². The molecule has 0 aliphatic carbocycles. The Hall–Kier alpha value is -0.770. The number of hydrogen-bond donors (Lipinski definition) is 1. The molecule has 0 aromatic heterocycles. The number of fused-ring (bicyclic) bond motifs is 3. The molecule has 0 bridgehead atoms. The summed E-state index contributed by atoms with van der Waals surface area (Å²) in [4.78, 5) is 14.5. The van der Waals surface area contributed by atoms with Crippen LogP contribution in [0, 0.1) is 0 Å². The van der Waals surface area contributed by atoms with Gasteiger partial charge in [0.2, 0.25) is 5.91 Å². The van der Waals surface area contributed by atoms with Gasteiger partial charge >= 0.3 is 0 Å². The number of hydrogen-bond acceptors (Lipinski definition) is 7. The average molecular weight is 372 g/mol. The Balaban J connectivity index is 1.85. The highest BCUT2D eigenvalue weighted by atomic mass is 16.8. The van der Waals surface area contributed by atoms with Gasteiger partial charge in [0.25, 0.3) is 0 Å². The maximum Gasteiger partial charge on any atom is 0.242 e. The Bertz CT molecular complexity index is 536. The third-order valence-corrected chi connectivity index (χ3v) is 5.24. The van der Waals surface area contributed by atoms with E-state index in [0.29, 0.717) is 19.7 Å². The second kappa shape index (κ2) is 7.00. The number of likely N-dealkylation sites (N-methyl/N-ethyl adjacent to an activating group) is 1. The predicted molar refractivity (Wildman–Crippen MR) is 93.3 cm³/mol. The number of carbonyl (C=O) groups excluding carboxylic acids is 1. The monoisotopic (exact) mass is 372 g/mol. The fourth-order valence-electron chi connectivity index (χ4n) is 3.99. The van der Waals surface area contributed by atoms with E-state index in [-0.39, 0.29) is 24.2 Å². The number of rotatable bonds is 4. The first kappa shape index (κ1) is 20.0. The van der Waals surface area contributed by atoms with Crippen molar-refractivity contribution in [3.63, 3.8) is 0 Å². The minimum atomic E-state index is -0.837. The Kier molecular flexibility index (Phi) is 5.38. The summed E-state index contributed by atoms with van der Waals surface area (Å²) in [5.74, 6) is -1.67. The van der Waals surface area contributed by atoms with E-state index in [0.717, 1.165) is 0 Å². The molecule has 0 saturated carbocycles. The zero-order chi connectivity index (χ0) is 19.3. The summed E-state index contributed by atoms with van der Waals surface area (Å²) >= 11 is 0. The van der Waals surface area contributed by atoms with Crippen molar-refractivity contribution in [3.8, 4) is 0 Å². The van der Waals surface area contributed by atoms with Crippen LogP contribution in [0.25, 0.3) is 0 Å². The van der Waals surface area contributed by atoms with E-state index in [1.54, 1.807) is 4.90 Å². The Morgan fingerprint density at radius 3 is 2.23 bits per heavy atom. The lowest BCUT2D eigenvalue weighted by atomic mass is 9.90. The van der Waals surface area contributed by atoms with Crippen molar-refractivity contribution in [3.05, 3.63) is 0 Å². The summed E-state index contributed by atoms with van der Waals surface area (Å²) in [7, 11) is 0. The predicted octanol–water partition coefficient (Wildman–Crippen LogP) is 0.621. The average Bonchev–Trinajstić information content (AvgIpc) is 2.89. The van der Waals surface area contributed by atoms with Crippen LogP contribution in [0.5, 0.6) is 0 Å². The molecule has 8 heteroatoms. The third kappa shape index (κ3) is 3.63. The van der Waals surface area contributed by atoms with Crippen LogP contribution in [-0.2, 0) is 28.5 Å². The van der Waals surface area contributed by atoms with Crippen LogP contribution in [0.15, 0.2) is 0 Å². The maximum absolute atomic E-state index is 12.8. The van der Waals surface area contributed by atoms with Crippen LogP contribution < -0.4 is 5.73 Å². The molecule has 0 aromatic rings. The molecule has 0 spiro atoms. The van der Waals surface area contributed by atoms with Gasteiger partial charge in [0.05, 0.1) is 6.61 Å². The van der Waals surface area contributed by atoms with Crippen molar-refractivity contribution in [1.29, 1.82) is 0 Å². The summed E-state index contributed by atoms with van der Waals surface area (Å²) < 4.78 is 30.2. The number of amides is 1. The minimum Gasteiger partial charge on any atom is -0.365 e. The SMILES string of the molecule is CCN(CC)C(=O)[C@@H](N)[C@@H]1O[C@@H]2COC(C)(C)O[C@@H]2[C@H]2OC(C)(C)O[C@@H]21. The zero-order valence-corrected chi connectivity index (χ0v) is 16.6. The van der Waals surface area contributed by atoms with Crippen molar-refractivity contribution < 1.29 is 28.5 Å². The number of nitrogens with two attached hydrogens (primary N) is 1. The first-order valence-corrected chi connectivity index (χ1v) is 9.46. The van der Waals surface area contributed by atoms with E-state index in [1.165, 1.54) is 0 Å². The van der Waals surface area contributed by atoms with Crippen molar-refractivity contribution in [2.75, 3.05) is 19.7 Å². The molecule has 3 aliphatic heterocycles. The Morgan fingerprint density at radius 2 is 1.62 bits per heavy atom. The molecule has 26 heavy (non-hydrogen) atoms. The molecular weight excluding hydrogens is 340 g/mol. The molecule has 3 heterocycles. The van der Waals surface area contributed by atoms with Gasteiger partial charge in [0.15, 0.2) is 11.6 Å². The summed E-state index contributed by atoms with van der Waals surface area (Å²) in [6.07, 6.45) is -2.16. The molecule has 0 aromatic carbocycles. The molecule has 1 amide bonds. The summed E-state index contributed by atoms with van der Waals surface area (Å²) in [5, 5.41) is 0. The van der Waals surface area contributed by atoms with Gasteiger partial charge in [-0.1, -0.05) is 0 Å². The van der Waals surface area contributed by atoms with E-state index in [4.69, 9.17) is 29.4 Å². The summed E-state index contributed by atoms with van der Waals surface area (Å²) in [6, 6.07) is -0.837. The number of ether oxygens (including phenoxy) is 5. The van der Waals surface area contributed by atoms with E-state index in [1.807, 2.05) is 41.5 Å². The zero-order valence-electron chi connectivity index (χ0n) is 16.6. The quantitative estimate of drug-likeness (QED) is 0.773. The van der Waals surface area contributed by atoms with Gasteiger partial charge < -0.3 is 34.3 Å². The van der Waals surface area contributed by atoms with Crippen LogP contribution in [0.4, 0.5) is 0 Å². The fraction of sp³-hybridized carbons (Fsp3) is 0.944. The highest BCUT2D eigenvalue weighted by Crippen LogP contribution is 2.42. The molecule has 6 atom stereocenters. The summed E-state index contributed by atoms with van der Waals surface area (Å²) in [6.45, 7) is 12.8. The number of carbonyl (C=O) groups is 1. The first-order valence-electron chi connectivity index (χ1n) is 9.46. The van der Waals surface area contributed by atoms with Crippen molar-refractivity contribution in [2.45, 2.75) is 89.7 Å². The van der Waals surface area contributed by atoms with E-state index >= 15 is 0 Å². The van der Waals surface area contributed by atoms with Gasteiger partial charge in [-0.25, -0.2) is 0 Å². The molecule has 3 rings (SSSR count). The lowest BCUT2D eigenvalue weighted by Crippen LogP contribution is -2.68. The largest absolute Gasteiger partial charge is 0.365 e. The van der Waals surface area contributed by atoms with Gasteiger partial charge in [-0.15, -0.1) is 0 Å². The molecule has 0 unspecified atom stereocenters. The second-order valence-corrected chi connectivity index (χ2v) is 8.03. The van der Waals surface area contributed by atoms with E-state index < -0.39 is 29.8 Å². The molecule has 8 nitrogen and oxygen atoms in total. The molecule has 3 saturated heterocycles. The standard InChI is InChI=1S/C18H32N2O6/c1-7-20(8-2)16(21)11(19)13-15-14(25-18(5,6)26-15)12-10(23-13)9-22-17(3,4)24-12/h10-15H,7-9,19H2,1-6H3/t10-,11+,12+,13+,14-,15-/m1/s1. The van der Waals surface area contributed by atoms with Crippen molar-refractivity contribution in [2.24, 2.45) is 5.73 Å². The maximum atomic E-state index is 12.8. The van der Waals surface area contributed by atoms with Crippen LogP contribution >= 0.6 is 0 Å². The van der Waals surface area contributed by atoms with Crippen LogP contribution in [0.1, 0.15) is 41.5 Å². The fourth-order valence-corrected chi connectivity index (χ4v) is 3.99. The van der Waals surface area contributed by atoms with Crippen molar-refractivity contribution in [1.82, 2.24) is 4.90 Å². The van der Waals surface area contributed by atoms with Gasteiger partial charge in [0.1, 0.15) is 36.6 Å². The first-order chi connectivity index (χ1) is 12.1. The normalized spacial score (nSPS) is 39.0. The molecular formula is C18H32N2O6. The van der Waals surface area contributed by atoms with E-state index in [2.05, 4.69) is 0 Å². The van der Waals surface area contributed by atoms with Crippen LogP contribution in [0.2, 0.25) is 0 Å². The van der Waals surface area contributed by atoms with Gasteiger partial charge in [-0.3, -0.25) is 4.79 Å². The number of nitrogens with zero attached hydrogens (tertiary/aromatic N) is 1. The smallest absolute Gasteiger partial charge is 0.242 e.